The number of nitrogens with zero attached hydrogens (tertiary/aromatic N) is 2. The molecule has 0 saturated carbocycles. The second-order valence-corrected chi connectivity index (χ2v) is 4.09. The van der Waals surface area contributed by atoms with Crippen LogP contribution in [0.5, 0.6) is 0 Å². The summed E-state index contributed by atoms with van der Waals surface area (Å²) in [4.78, 5) is 8.92. The van der Waals surface area contributed by atoms with Crippen molar-refractivity contribution < 1.29 is 0 Å². The van der Waals surface area contributed by atoms with Crippen LogP contribution in [0.3, 0.4) is 0 Å². The molecule has 0 aromatic heterocycles. The third kappa shape index (κ3) is 7.69. The minimum atomic E-state index is 0.395. The first-order valence-electron chi connectivity index (χ1n) is 4.98. The van der Waals surface area contributed by atoms with Crippen molar-refractivity contribution in [3.05, 3.63) is 0 Å². The van der Waals surface area contributed by atoms with Gasteiger partial charge in [-0.05, 0) is 41.5 Å². The van der Waals surface area contributed by atoms with E-state index in [0.29, 0.717) is 12.1 Å². The van der Waals surface area contributed by atoms with Crippen molar-refractivity contribution in [3.63, 3.8) is 0 Å². The van der Waals surface area contributed by atoms with Crippen LogP contribution in [0.15, 0.2) is 9.98 Å². The van der Waals surface area contributed by atoms with Crippen molar-refractivity contribution in [2.45, 2.75) is 60.0 Å². The summed E-state index contributed by atoms with van der Waals surface area (Å²) in [5, 5.41) is 0. The molecule has 0 aliphatic carbocycles. The number of hydrogen-bond donors (Lipinski definition) is 0. The SMILES string of the molecule is CC(CC(C)=NC(C)C)=NC(C)C. The van der Waals surface area contributed by atoms with E-state index in [1.165, 1.54) is 11.4 Å². The van der Waals surface area contributed by atoms with Crippen molar-refractivity contribution >= 4 is 11.4 Å². The summed E-state index contributed by atoms with van der Waals surface area (Å²) in [6.45, 7) is 12.5. The molecule has 0 aromatic carbocycles. The third-order valence-corrected chi connectivity index (χ3v) is 1.47. The maximum Gasteiger partial charge on any atom is 0.0442 e. The second-order valence-electron chi connectivity index (χ2n) is 4.09. The Balaban J connectivity index is 4.13. The highest BCUT2D eigenvalue weighted by atomic mass is 14.8. The Morgan fingerprint density at radius 3 is 1.38 bits per heavy atom. The Hall–Kier alpha value is -0.660. The Labute approximate surface area is 82.2 Å². The maximum absolute atomic E-state index is 4.46. The highest BCUT2D eigenvalue weighted by Crippen LogP contribution is 1.97. The topological polar surface area (TPSA) is 24.7 Å². The normalized spacial score (nSPS) is 14.5. The lowest BCUT2D eigenvalue weighted by Gasteiger charge is -2.04. The summed E-state index contributed by atoms with van der Waals surface area (Å²) < 4.78 is 0. The molecular formula is C11H22N2. The molecule has 0 radical (unpaired) electrons. The van der Waals surface area contributed by atoms with Crippen molar-refractivity contribution in [2.75, 3.05) is 0 Å². The molecule has 0 aromatic rings. The summed E-state index contributed by atoms with van der Waals surface area (Å²) in [7, 11) is 0. The van der Waals surface area contributed by atoms with E-state index in [9.17, 15) is 0 Å². The van der Waals surface area contributed by atoms with Crippen LogP contribution in [-0.4, -0.2) is 23.5 Å². The number of rotatable bonds is 4. The van der Waals surface area contributed by atoms with Gasteiger partial charge in [0.25, 0.3) is 0 Å². The van der Waals surface area contributed by atoms with Crippen LogP contribution in [0, 0.1) is 0 Å². The Morgan fingerprint density at radius 1 is 0.846 bits per heavy atom. The molecule has 2 nitrogen and oxygen atoms in total. The van der Waals surface area contributed by atoms with Gasteiger partial charge >= 0.3 is 0 Å². The molecule has 0 aliphatic rings. The van der Waals surface area contributed by atoms with Gasteiger partial charge < -0.3 is 0 Å². The van der Waals surface area contributed by atoms with E-state index in [0.717, 1.165) is 6.42 Å². The average molecular weight is 182 g/mol. The van der Waals surface area contributed by atoms with Gasteiger partial charge in [0.15, 0.2) is 0 Å². The fraction of sp³-hybridized carbons (Fsp3) is 0.818. The van der Waals surface area contributed by atoms with E-state index in [-0.39, 0.29) is 0 Å². The summed E-state index contributed by atoms with van der Waals surface area (Å²) in [6, 6.07) is 0.790. The molecule has 13 heavy (non-hydrogen) atoms. The first-order chi connectivity index (χ1) is 5.91. The number of aliphatic imine (C=N–C) groups is 2. The van der Waals surface area contributed by atoms with Gasteiger partial charge in [0.05, 0.1) is 0 Å². The van der Waals surface area contributed by atoms with E-state index in [1.807, 2.05) is 0 Å². The van der Waals surface area contributed by atoms with Gasteiger partial charge in [-0.15, -0.1) is 0 Å². The second kappa shape index (κ2) is 5.90. The first kappa shape index (κ1) is 12.3. The van der Waals surface area contributed by atoms with Gasteiger partial charge in [-0.3, -0.25) is 9.98 Å². The lowest BCUT2D eigenvalue weighted by atomic mass is 10.2. The molecule has 0 heterocycles. The summed E-state index contributed by atoms with van der Waals surface area (Å²) >= 11 is 0. The smallest absolute Gasteiger partial charge is 0.0442 e. The number of hydrogen-bond acceptors (Lipinski definition) is 2. The molecule has 0 spiro atoms. The van der Waals surface area contributed by atoms with E-state index in [2.05, 4.69) is 51.5 Å². The molecule has 0 bridgehead atoms. The zero-order valence-electron chi connectivity index (χ0n) is 9.76. The largest absolute Gasteiger partial charge is 0.291 e. The van der Waals surface area contributed by atoms with Crippen molar-refractivity contribution in [1.82, 2.24) is 0 Å². The molecule has 0 aliphatic heterocycles. The van der Waals surface area contributed by atoms with Crippen LogP contribution >= 0.6 is 0 Å². The lowest BCUT2D eigenvalue weighted by Crippen LogP contribution is -2.06. The van der Waals surface area contributed by atoms with Gasteiger partial charge in [0.2, 0.25) is 0 Å². The third-order valence-electron chi connectivity index (χ3n) is 1.47. The van der Waals surface area contributed by atoms with Gasteiger partial charge in [-0.1, -0.05) is 0 Å². The van der Waals surface area contributed by atoms with Crippen LogP contribution in [-0.2, 0) is 0 Å². The fourth-order valence-corrected chi connectivity index (χ4v) is 1.34. The Kier molecular flexibility index (Phi) is 5.60. The molecule has 0 saturated heterocycles. The molecule has 0 rings (SSSR count). The van der Waals surface area contributed by atoms with Crippen LogP contribution in [0.1, 0.15) is 48.0 Å². The molecule has 76 valence electrons. The molecular weight excluding hydrogens is 160 g/mol. The molecule has 0 N–H and O–H groups in total. The van der Waals surface area contributed by atoms with Gasteiger partial charge in [-0.2, -0.15) is 0 Å². The zero-order valence-corrected chi connectivity index (χ0v) is 9.76. The van der Waals surface area contributed by atoms with Crippen LogP contribution in [0.4, 0.5) is 0 Å². The Morgan fingerprint density at radius 2 is 1.15 bits per heavy atom. The van der Waals surface area contributed by atoms with Crippen molar-refractivity contribution in [2.24, 2.45) is 9.98 Å². The maximum atomic E-state index is 4.46. The van der Waals surface area contributed by atoms with Gasteiger partial charge in [0.1, 0.15) is 0 Å². The van der Waals surface area contributed by atoms with E-state index in [1.54, 1.807) is 0 Å². The van der Waals surface area contributed by atoms with E-state index >= 15 is 0 Å². The van der Waals surface area contributed by atoms with Gasteiger partial charge in [-0.25, -0.2) is 0 Å². The quantitative estimate of drug-likeness (QED) is 0.597. The van der Waals surface area contributed by atoms with E-state index < -0.39 is 0 Å². The van der Waals surface area contributed by atoms with Gasteiger partial charge in [0, 0.05) is 29.9 Å². The Bertz CT molecular complexity index is 178. The molecule has 0 fully saturated rings. The minimum absolute atomic E-state index is 0.395. The highest BCUT2D eigenvalue weighted by molar-refractivity contribution is 6.02. The average Bonchev–Trinajstić information content (AvgIpc) is 1.80. The predicted octanol–water partition coefficient (Wildman–Crippen LogP) is 3.12. The molecule has 0 amide bonds. The minimum Gasteiger partial charge on any atom is -0.291 e. The zero-order chi connectivity index (χ0) is 10.4. The van der Waals surface area contributed by atoms with E-state index in [4.69, 9.17) is 0 Å². The summed E-state index contributed by atoms with van der Waals surface area (Å²) in [6.07, 6.45) is 0.913. The summed E-state index contributed by atoms with van der Waals surface area (Å²) in [5.41, 5.74) is 2.36. The highest BCUT2D eigenvalue weighted by Gasteiger charge is 1.98. The first-order valence-corrected chi connectivity index (χ1v) is 4.98. The fourth-order valence-electron chi connectivity index (χ4n) is 1.34. The molecule has 2 heteroatoms. The van der Waals surface area contributed by atoms with Crippen LogP contribution in [0.25, 0.3) is 0 Å². The molecule has 0 unspecified atom stereocenters. The standard InChI is InChI=1S/C11H22N2/c1-8(2)12-10(5)7-11(6)13-9(3)4/h8-9H,7H2,1-6H3. The monoisotopic (exact) mass is 182 g/mol. The van der Waals surface area contributed by atoms with Crippen LogP contribution in [0.2, 0.25) is 0 Å². The van der Waals surface area contributed by atoms with Crippen LogP contribution < -0.4 is 0 Å². The predicted molar refractivity (Wildman–Crippen MR) is 61.1 cm³/mol. The lowest BCUT2D eigenvalue weighted by molar-refractivity contribution is 0.825. The molecule has 0 atom stereocenters. The van der Waals surface area contributed by atoms with Crippen molar-refractivity contribution in [1.29, 1.82) is 0 Å². The van der Waals surface area contributed by atoms with Crippen molar-refractivity contribution in [3.8, 4) is 0 Å². The summed E-state index contributed by atoms with van der Waals surface area (Å²) in [5.74, 6) is 0.